The van der Waals surface area contributed by atoms with Crippen LogP contribution in [0.2, 0.25) is 0 Å². The van der Waals surface area contributed by atoms with Gasteiger partial charge in [0.1, 0.15) is 5.82 Å². The maximum absolute atomic E-state index is 13.6. The lowest BCUT2D eigenvalue weighted by Crippen LogP contribution is -2.29. The lowest BCUT2D eigenvalue weighted by atomic mass is 10.0. The number of rotatable bonds is 9. The average Bonchev–Trinajstić information content (AvgIpc) is 3.12. The van der Waals surface area contributed by atoms with E-state index in [4.69, 9.17) is 0 Å². The Hall–Kier alpha value is -3.29. The fraction of sp³-hybridized carbons (Fsp3) is 0.280. The first-order valence-corrected chi connectivity index (χ1v) is 10.4. The molecule has 0 spiro atoms. The molecule has 32 heavy (non-hydrogen) atoms. The zero-order valence-corrected chi connectivity index (χ0v) is 18.0. The molecule has 1 aromatic carbocycles. The molecular weight excluding hydrogens is 411 g/mol. The molecule has 168 valence electrons. The Bertz CT molecular complexity index is 1080. The number of carboxylic acids is 1. The Labute approximate surface area is 186 Å². The summed E-state index contributed by atoms with van der Waals surface area (Å²) in [5.74, 6) is -1.58. The molecule has 0 saturated heterocycles. The highest BCUT2D eigenvalue weighted by Gasteiger charge is 2.19. The zero-order chi connectivity index (χ0) is 23.3. The molecule has 0 aliphatic rings. The van der Waals surface area contributed by atoms with Crippen LogP contribution >= 0.6 is 0 Å². The largest absolute Gasteiger partial charge is 0.550 e. The third-order valence-electron chi connectivity index (χ3n) is 5.14. The summed E-state index contributed by atoms with van der Waals surface area (Å²) in [6, 6.07) is 12.0. The van der Waals surface area contributed by atoms with Crippen molar-refractivity contribution in [3.8, 4) is 22.4 Å². The number of aliphatic hydroxyl groups is 2. The van der Waals surface area contributed by atoms with Crippen LogP contribution in [0.25, 0.3) is 28.6 Å². The van der Waals surface area contributed by atoms with E-state index in [9.17, 15) is 24.5 Å². The molecule has 2 N–H and O–H groups in total. The number of halogens is 1. The second kappa shape index (κ2) is 10.3. The van der Waals surface area contributed by atoms with E-state index in [-0.39, 0.29) is 18.2 Å². The van der Waals surface area contributed by atoms with Gasteiger partial charge in [0, 0.05) is 48.7 Å². The Morgan fingerprint density at radius 3 is 2.38 bits per heavy atom. The van der Waals surface area contributed by atoms with Crippen molar-refractivity contribution in [1.29, 1.82) is 0 Å². The van der Waals surface area contributed by atoms with Crippen LogP contribution in [0.1, 0.15) is 38.3 Å². The van der Waals surface area contributed by atoms with Gasteiger partial charge in [0.2, 0.25) is 0 Å². The predicted octanol–water partition coefficient (Wildman–Crippen LogP) is 3.20. The fourth-order valence-electron chi connectivity index (χ4n) is 3.62. The Kier molecular flexibility index (Phi) is 7.56. The summed E-state index contributed by atoms with van der Waals surface area (Å²) in [7, 11) is 0. The standard InChI is InChI=1S/C25H27FN2O4/c1-16(2)23-15-22(17-7-10-27-11-8-17)25(18-3-5-19(26)6-4-18)28(23)12-9-20(29)13-21(30)14-24(31)32/h3-12,15-16,20-21,29-30H,13-14H2,1-2H3,(H,31,32)/p-1/b12-9+/t20-,21-/m1/s1. The first kappa shape index (κ1) is 23.4. The van der Waals surface area contributed by atoms with Crippen molar-refractivity contribution in [2.24, 2.45) is 0 Å². The fourth-order valence-corrected chi connectivity index (χ4v) is 3.62. The number of carboxylic acid groups (broad SMARTS) is 1. The van der Waals surface area contributed by atoms with Crippen molar-refractivity contribution in [2.45, 2.75) is 44.8 Å². The van der Waals surface area contributed by atoms with E-state index in [1.807, 2.05) is 30.5 Å². The van der Waals surface area contributed by atoms with Crippen molar-refractivity contribution in [1.82, 2.24) is 9.55 Å². The molecule has 3 aromatic rings. The van der Waals surface area contributed by atoms with Gasteiger partial charge in [-0.1, -0.05) is 13.8 Å². The van der Waals surface area contributed by atoms with Gasteiger partial charge in [0.15, 0.2) is 0 Å². The third-order valence-corrected chi connectivity index (χ3v) is 5.14. The van der Waals surface area contributed by atoms with E-state index in [1.54, 1.807) is 30.7 Å². The molecular formula is C25H26FN2O4-. The topological polar surface area (TPSA) is 98.4 Å². The third kappa shape index (κ3) is 5.69. The molecule has 2 heterocycles. The van der Waals surface area contributed by atoms with E-state index in [0.717, 1.165) is 28.1 Å². The number of hydrogen-bond donors (Lipinski definition) is 2. The number of hydrogen-bond acceptors (Lipinski definition) is 5. The zero-order valence-electron chi connectivity index (χ0n) is 18.0. The monoisotopic (exact) mass is 437 g/mol. The summed E-state index contributed by atoms with van der Waals surface area (Å²) in [4.78, 5) is 14.7. The smallest absolute Gasteiger partial charge is 0.123 e. The van der Waals surface area contributed by atoms with Crippen LogP contribution in [0.15, 0.2) is 60.9 Å². The minimum Gasteiger partial charge on any atom is -0.550 e. The van der Waals surface area contributed by atoms with E-state index >= 15 is 0 Å². The summed E-state index contributed by atoms with van der Waals surface area (Å²) >= 11 is 0. The van der Waals surface area contributed by atoms with Gasteiger partial charge in [-0.25, -0.2) is 4.39 Å². The van der Waals surface area contributed by atoms with Gasteiger partial charge in [0.25, 0.3) is 0 Å². The number of carbonyl (C=O) groups is 1. The minimum atomic E-state index is -1.37. The number of aliphatic hydroxyl groups excluding tert-OH is 2. The van der Waals surface area contributed by atoms with Gasteiger partial charge in [-0.05, 0) is 65.6 Å². The molecule has 7 heteroatoms. The highest BCUT2D eigenvalue weighted by molar-refractivity contribution is 5.84. The Balaban J connectivity index is 2.08. The molecule has 2 atom stereocenters. The van der Waals surface area contributed by atoms with Crippen molar-refractivity contribution in [3.63, 3.8) is 0 Å². The number of carbonyl (C=O) groups excluding carboxylic acids is 1. The highest BCUT2D eigenvalue weighted by atomic mass is 19.1. The van der Waals surface area contributed by atoms with Crippen LogP contribution in [0, 0.1) is 5.82 Å². The number of aliphatic carboxylic acids is 1. The lowest BCUT2D eigenvalue weighted by Gasteiger charge is -2.16. The molecule has 2 aromatic heterocycles. The molecule has 0 saturated carbocycles. The van der Waals surface area contributed by atoms with Crippen molar-refractivity contribution in [3.05, 3.63) is 72.4 Å². The van der Waals surface area contributed by atoms with Crippen LogP contribution in [0.4, 0.5) is 4.39 Å². The van der Waals surface area contributed by atoms with Crippen LogP contribution in [0.3, 0.4) is 0 Å². The molecule has 0 fully saturated rings. The summed E-state index contributed by atoms with van der Waals surface area (Å²) in [6.07, 6.45) is 3.67. The average molecular weight is 437 g/mol. The molecule has 0 unspecified atom stereocenters. The number of benzene rings is 1. The van der Waals surface area contributed by atoms with E-state index < -0.39 is 24.6 Å². The molecule has 0 aliphatic carbocycles. The van der Waals surface area contributed by atoms with Crippen molar-refractivity contribution in [2.75, 3.05) is 0 Å². The maximum Gasteiger partial charge on any atom is 0.123 e. The van der Waals surface area contributed by atoms with Crippen molar-refractivity contribution < 1.29 is 24.5 Å². The highest BCUT2D eigenvalue weighted by Crippen LogP contribution is 2.38. The number of nitrogens with zero attached hydrogens (tertiary/aromatic N) is 2. The number of aromatic nitrogens is 2. The van der Waals surface area contributed by atoms with Crippen LogP contribution in [0.5, 0.6) is 0 Å². The summed E-state index contributed by atoms with van der Waals surface area (Å²) in [5, 5.41) is 30.7. The van der Waals surface area contributed by atoms with Gasteiger partial charge >= 0.3 is 0 Å². The Morgan fingerprint density at radius 2 is 1.78 bits per heavy atom. The van der Waals surface area contributed by atoms with E-state index in [0.29, 0.717) is 0 Å². The van der Waals surface area contributed by atoms with E-state index in [1.165, 1.54) is 18.2 Å². The lowest BCUT2D eigenvalue weighted by molar-refractivity contribution is -0.307. The van der Waals surface area contributed by atoms with E-state index in [2.05, 4.69) is 11.1 Å². The minimum absolute atomic E-state index is 0.133. The van der Waals surface area contributed by atoms with Crippen molar-refractivity contribution >= 4 is 12.2 Å². The van der Waals surface area contributed by atoms with Gasteiger partial charge < -0.3 is 24.7 Å². The SMILES string of the molecule is CC(C)c1cc(-c2ccncc2)c(-c2ccc(F)cc2)n1/C=C/[C@@H](O)C[C@@H](O)CC(=O)[O-]. The molecule has 0 aliphatic heterocycles. The van der Waals surface area contributed by atoms with Gasteiger partial charge in [-0.2, -0.15) is 0 Å². The first-order valence-electron chi connectivity index (χ1n) is 10.4. The molecule has 0 amide bonds. The van der Waals surface area contributed by atoms with Crippen LogP contribution < -0.4 is 5.11 Å². The first-order chi connectivity index (χ1) is 15.3. The quantitative estimate of drug-likeness (QED) is 0.536. The summed E-state index contributed by atoms with van der Waals surface area (Å²) in [6.45, 7) is 4.09. The summed E-state index contributed by atoms with van der Waals surface area (Å²) < 4.78 is 15.5. The summed E-state index contributed by atoms with van der Waals surface area (Å²) in [5.41, 5.74) is 4.45. The normalized spacial score (nSPS) is 13.6. The number of pyridine rings is 1. The second-order valence-electron chi connectivity index (χ2n) is 7.97. The van der Waals surface area contributed by atoms with Crippen LogP contribution in [-0.2, 0) is 4.79 Å². The van der Waals surface area contributed by atoms with Gasteiger partial charge in [-0.3, -0.25) is 4.98 Å². The second-order valence-corrected chi connectivity index (χ2v) is 7.97. The molecule has 3 rings (SSSR count). The maximum atomic E-state index is 13.6. The van der Waals surface area contributed by atoms with Gasteiger partial charge in [-0.15, -0.1) is 0 Å². The Morgan fingerprint density at radius 1 is 1.12 bits per heavy atom. The molecule has 6 nitrogen and oxygen atoms in total. The van der Waals surface area contributed by atoms with Crippen LogP contribution in [-0.4, -0.2) is 37.9 Å². The molecule has 0 bridgehead atoms. The van der Waals surface area contributed by atoms with Gasteiger partial charge in [0.05, 0.1) is 17.9 Å². The molecule has 0 radical (unpaired) electrons. The predicted molar refractivity (Wildman–Crippen MR) is 119 cm³/mol.